The fourth-order valence-corrected chi connectivity index (χ4v) is 1.16. The first kappa shape index (κ1) is 23.6. The maximum atomic E-state index is 13.7. The maximum Gasteiger partial charge on any atom is 0.511 e. The van der Waals surface area contributed by atoms with Crippen molar-refractivity contribution in [3.05, 3.63) is 0 Å². The highest BCUT2D eigenvalue weighted by Crippen LogP contribution is 2.51. The Hall–Kier alpha value is -1.40. The topological polar surface area (TPSA) is 44.8 Å². The van der Waals surface area contributed by atoms with Crippen LogP contribution >= 0.6 is 0 Å². The van der Waals surface area contributed by atoms with E-state index in [9.17, 15) is 44.3 Å². The van der Waals surface area contributed by atoms with Crippen LogP contribution in [0.15, 0.2) is 0 Å². The van der Waals surface area contributed by atoms with Gasteiger partial charge in [0.15, 0.2) is 0 Å². The van der Waals surface area contributed by atoms with Crippen molar-refractivity contribution in [1.82, 2.24) is 0 Å². The van der Waals surface area contributed by atoms with E-state index in [1.807, 2.05) is 0 Å². The molecule has 1 unspecified atom stereocenters. The number of ether oxygens (including phenoxy) is 3. The van der Waals surface area contributed by atoms with Crippen molar-refractivity contribution in [2.24, 2.45) is 0 Å². The van der Waals surface area contributed by atoms with Crippen molar-refractivity contribution in [3.63, 3.8) is 0 Å². The lowest BCUT2D eigenvalue weighted by molar-refractivity contribution is -0.498. The van der Waals surface area contributed by atoms with E-state index in [4.69, 9.17) is 0 Å². The molecule has 25 heavy (non-hydrogen) atoms. The molecule has 0 aromatic heterocycles. The zero-order valence-corrected chi connectivity index (χ0v) is 13.5. The first-order chi connectivity index (χ1) is 10.6. The minimum atomic E-state index is -6.67. The van der Waals surface area contributed by atoms with Gasteiger partial charge in [-0.15, -0.1) is 0 Å². The van der Waals surface area contributed by atoms with E-state index >= 15 is 0 Å². The molecule has 4 nitrogen and oxygen atoms in total. The third-order valence-corrected chi connectivity index (χ3v) is 2.48. The van der Waals surface area contributed by atoms with Crippen LogP contribution < -0.4 is 0 Å². The van der Waals surface area contributed by atoms with Gasteiger partial charge < -0.3 is 9.47 Å². The summed E-state index contributed by atoms with van der Waals surface area (Å²) in [5, 5.41) is 0. The molecule has 0 N–H and O–H groups in total. The predicted octanol–water partition coefficient (Wildman–Crippen LogP) is 5.12. The Balaban J connectivity index is 6.18. The van der Waals surface area contributed by atoms with Gasteiger partial charge in [0.05, 0.1) is 0 Å². The van der Waals surface area contributed by atoms with E-state index in [-0.39, 0.29) is 13.8 Å². The minimum Gasteiger partial charge on any atom is -0.428 e. The molecule has 0 bridgehead atoms. The lowest BCUT2D eigenvalue weighted by Crippen LogP contribution is -2.66. The van der Waals surface area contributed by atoms with Crippen LogP contribution in [0.1, 0.15) is 34.6 Å². The monoisotopic (exact) mass is 394 g/mol. The summed E-state index contributed by atoms with van der Waals surface area (Å²) in [5.74, 6) is -15.6. The minimum absolute atomic E-state index is 0.321. The molecular weight excluding hydrogens is 379 g/mol. The summed E-state index contributed by atoms with van der Waals surface area (Å²) in [6.07, 6.45) is -15.9. The van der Waals surface area contributed by atoms with Gasteiger partial charge in [-0.3, -0.25) is 4.74 Å². The first-order valence-corrected chi connectivity index (χ1v) is 6.38. The molecule has 0 saturated carbocycles. The Morgan fingerprint density at radius 2 is 1.04 bits per heavy atom. The normalized spacial score (nSPS) is 17.0. The predicted molar refractivity (Wildman–Crippen MR) is 63.4 cm³/mol. The summed E-state index contributed by atoms with van der Waals surface area (Å²) in [4.78, 5) is 11.3. The Morgan fingerprint density at radius 3 is 1.28 bits per heavy atom. The number of carbonyl (C=O) groups excluding carboxylic acids is 1. The van der Waals surface area contributed by atoms with E-state index in [1.54, 1.807) is 0 Å². The lowest BCUT2D eigenvalue weighted by Gasteiger charge is -2.40. The molecule has 0 amide bonds. The third kappa shape index (κ3) is 5.54. The molecule has 0 saturated heterocycles. The Bertz CT molecular complexity index is 469. The van der Waals surface area contributed by atoms with Crippen molar-refractivity contribution in [2.45, 2.75) is 70.1 Å². The second-order valence-electron chi connectivity index (χ2n) is 6.09. The standard InChI is InChI=1S/C12H15F9O4/c1-7(2,3)23-6(22)24-10(11(16,17)18,12(19,20)21)25-9(5,15)8(4,13)14/h1-5H3. The summed E-state index contributed by atoms with van der Waals surface area (Å²) in [5.41, 5.74) is -1.60. The molecule has 0 spiro atoms. The SMILES string of the molecule is CC(C)(C)OC(=O)OC(OC(C)(F)C(C)(F)F)(C(F)(F)F)C(F)(F)F. The number of halogens is 9. The fourth-order valence-electron chi connectivity index (χ4n) is 1.16. The van der Waals surface area contributed by atoms with Crippen LogP contribution in [0.5, 0.6) is 0 Å². The number of rotatable bonds is 4. The summed E-state index contributed by atoms with van der Waals surface area (Å²) >= 11 is 0. The molecule has 150 valence electrons. The molecule has 13 heteroatoms. The van der Waals surface area contributed by atoms with Crippen LogP contribution in [0.3, 0.4) is 0 Å². The maximum absolute atomic E-state index is 13.7. The van der Waals surface area contributed by atoms with E-state index < -0.39 is 41.7 Å². The zero-order valence-electron chi connectivity index (χ0n) is 13.5. The Labute approximate surface area is 136 Å². The highest BCUT2D eigenvalue weighted by atomic mass is 19.4. The van der Waals surface area contributed by atoms with Gasteiger partial charge in [-0.25, -0.2) is 18.0 Å². The third-order valence-electron chi connectivity index (χ3n) is 2.48. The summed E-state index contributed by atoms with van der Waals surface area (Å²) in [6.45, 7) is 2.50. The summed E-state index contributed by atoms with van der Waals surface area (Å²) < 4.78 is 128. The first-order valence-electron chi connectivity index (χ1n) is 6.38. The molecule has 0 aromatic rings. The molecule has 0 aliphatic carbocycles. The van der Waals surface area contributed by atoms with Gasteiger partial charge in [0.1, 0.15) is 5.60 Å². The van der Waals surface area contributed by atoms with Crippen molar-refractivity contribution < 1.29 is 58.5 Å². The van der Waals surface area contributed by atoms with Gasteiger partial charge in [0.2, 0.25) is 0 Å². The lowest BCUT2D eigenvalue weighted by atomic mass is 10.1. The molecule has 0 rings (SSSR count). The van der Waals surface area contributed by atoms with Gasteiger partial charge in [-0.05, 0) is 20.8 Å². The van der Waals surface area contributed by atoms with E-state index in [1.165, 1.54) is 0 Å². The molecule has 0 aromatic carbocycles. The average molecular weight is 394 g/mol. The highest BCUT2D eigenvalue weighted by molar-refractivity contribution is 5.61. The van der Waals surface area contributed by atoms with Crippen molar-refractivity contribution in [3.8, 4) is 0 Å². The van der Waals surface area contributed by atoms with E-state index in [0.29, 0.717) is 0 Å². The molecule has 0 fully saturated rings. The van der Waals surface area contributed by atoms with E-state index in [0.717, 1.165) is 20.8 Å². The molecule has 1 atom stereocenters. The van der Waals surface area contributed by atoms with Gasteiger partial charge in [0.25, 0.3) is 5.85 Å². The van der Waals surface area contributed by atoms with Crippen molar-refractivity contribution in [2.75, 3.05) is 0 Å². The summed E-state index contributed by atoms with van der Waals surface area (Å²) in [6, 6.07) is 0. The molecular formula is C12H15F9O4. The smallest absolute Gasteiger partial charge is 0.428 e. The van der Waals surface area contributed by atoms with E-state index in [2.05, 4.69) is 14.2 Å². The van der Waals surface area contributed by atoms with Crippen LogP contribution in [-0.4, -0.2) is 41.7 Å². The molecule has 0 aliphatic heterocycles. The zero-order chi connectivity index (χ0) is 20.7. The Kier molecular flexibility index (Phi) is 6.04. The molecule has 0 heterocycles. The van der Waals surface area contributed by atoms with Gasteiger partial charge >= 0.3 is 30.2 Å². The van der Waals surface area contributed by atoms with Gasteiger partial charge in [0, 0.05) is 13.8 Å². The fraction of sp³-hybridized carbons (Fsp3) is 0.917. The number of carbonyl (C=O) groups is 1. The van der Waals surface area contributed by atoms with Crippen LogP contribution in [0.25, 0.3) is 0 Å². The largest absolute Gasteiger partial charge is 0.511 e. The quantitative estimate of drug-likeness (QED) is 0.377. The highest BCUT2D eigenvalue weighted by Gasteiger charge is 2.80. The van der Waals surface area contributed by atoms with Crippen LogP contribution in [0, 0.1) is 0 Å². The van der Waals surface area contributed by atoms with Gasteiger partial charge in [-0.1, -0.05) is 0 Å². The number of hydrogen-bond acceptors (Lipinski definition) is 4. The summed E-state index contributed by atoms with van der Waals surface area (Å²) in [7, 11) is 0. The molecule has 0 aliphatic rings. The van der Waals surface area contributed by atoms with Crippen LogP contribution in [0.2, 0.25) is 0 Å². The molecule has 0 radical (unpaired) electrons. The number of alkyl halides is 9. The van der Waals surface area contributed by atoms with Crippen LogP contribution in [-0.2, 0) is 14.2 Å². The van der Waals surface area contributed by atoms with Crippen LogP contribution in [0.4, 0.5) is 44.3 Å². The average Bonchev–Trinajstić information content (AvgIpc) is 2.19. The van der Waals surface area contributed by atoms with Crippen molar-refractivity contribution in [1.29, 1.82) is 0 Å². The second-order valence-corrected chi connectivity index (χ2v) is 6.09. The number of hydrogen-bond donors (Lipinski definition) is 0. The second kappa shape index (κ2) is 6.40. The van der Waals surface area contributed by atoms with Gasteiger partial charge in [-0.2, -0.15) is 26.3 Å². The Morgan fingerprint density at radius 1 is 0.680 bits per heavy atom. The van der Waals surface area contributed by atoms with Crippen molar-refractivity contribution >= 4 is 6.16 Å².